The zero-order valence-electron chi connectivity index (χ0n) is 21.1. The van der Waals surface area contributed by atoms with Crippen LogP contribution in [0.25, 0.3) is 11.1 Å². The molecule has 3 atom stereocenters. The van der Waals surface area contributed by atoms with Crippen LogP contribution in [0.15, 0.2) is 152 Å². The van der Waals surface area contributed by atoms with E-state index in [1.54, 1.807) is 0 Å². The Kier molecular flexibility index (Phi) is 5.26. The highest BCUT2D eigenvalue weighted by Crippen LogP contribution is 2.72. The minimum absolute atomic E-state index is 0.00137. The standard InChI is InChI=1S/C37H28O/c38-35-36(30-22-12-4-13-23-30)26-32(27-16-6-1-7-17-27)37(35,31-24-14-5-15-25-31)34(29-20-10-3-11-21-29)33(36)28-18-8-2-9-19-28/h1-25,32H,26H2/t32-,36-,37-/m1/s1. The van der Waals surface area contributed by atoms with Crippen LogP contribution in [-0.2, 0) is 15.6 Å². The van der Waals surface area contributed by atoms with Crippen LogP contribution in [0.1, 0.15) is 40.2 Å². The molecule has 182 valence electrons. The lowest BCUT2D eigenvalue weighted by molar-refractivity contribution is -0.123. The van der Waals surface area contributed by atoms with E-state index in [9.17, 15) is 0 Å². The first-order valence-corrected chi connectivity index (χ1v) is 13.3. The van der Waals surface area contributed by atoms with E-state index in [-0.39, 0.29) is 11.7 Å². The third-order valence-electron chi connectivity index (χ3n) is 8.67. The monoisotopic (exact) mass is 488 g/mol. The molecule has 0 N–H and O–H groups in total. The molecule has 1 heteroatoms. The fraction of sp³-hybridized carbons (Fsp3) is 0.108. The van der Waals surface area contributed by atoms with Crippen molar-refractivity contribution in [2.75, 3.05) is 0 Å². The van der Waals surface area contributed by atoms with Crippen LogP contribution in [0.4, 0.5) is 0 Å². The van der Waals surface area contributed by atoms with Gasteiger partial charge in [0.15, 0.2) is 5.78 Å². The number of benzene rings is 5. The van der Waals surface area contributed by atoms with Gasteiger partial charge in [0.1, 0.15) is 0 Å². The van der Waals surface area contributed by atoms with Gasteiger partial charge in [0.05, 0.1) is 10.8 Å². The summed E-state index contributed by atoms with van der Waals surface area (Å²) >= 11 is 0. The highest BCUT2D eigenvalue weighted by Gasteiger charge is 2.72. The molecule has 0 aromatic heterocycles. The van der Waals surface area contributed by atoms with E-state index in [4.69, 9.17) is 0 Å². The second kappa shape index (κ2) is 8.82. The maximum Gasteiger partial charge on any atom is 0.163 e. The Hall–Kier alpha value is -4.49. The highest BCUT2D eigenvalue weighted by atomic mass is 16.1. The first-order chi connectivity index (χ1) is 18.8. The van der Waals surface area contributed by atoms with E-state index in [1.807, 2.05) is 12.1 Å². The molecule has 38 heavy (non-hydrogen) atoms. The third-order valence-corrected chi connectivity index (χ3v) is 8.67. The van der Waals surface area contributed by atoms with Gasteiger partial charge in [-0.3, -0.25) is 4.79 Å². The molecule has 0 amide bonds. The quantitative estimate of drug-likeness (QED) is 0.243. The predicted molar refractivity (Wildman–Crippen MR) is 155 cm³/mol. The molecular weight excluding hydrogens is 460 g/mol. The first-order valence-electron chi connectivity index (χ1n) is 13.3. The van der Waals surface area contributed by atoms with Crippen molar-refractivity contribution >= 4 is 16.9 Å². The minimum atomic E-state index is -0.815. The van der Waals surface area contributed by atoms with E-state index in [2.05, 4.69) is 140 Å². The van der Waals surface area contributed by atoms with Gasteiger partial charge in [0, 0.05) is 5.92 Å². The van der Waals surface area contributed by atoms with Gasteiger partial charge in [0.2, 0.25) is 0 Å². The Morgan fingerprint density at radius 2 is 0.895 bits per heavy atom. The molecule has 0 unspecified atom stereocenters. The van der Waals surface area contributed by atoms with E-state index in [1.165, 1.54) is 5.56 Å². The number of ketones is 1. The van der Waals surface area contributed by atoms with Gasteiger partial charge >= 0.3 is 0 Å². The van der Waals surface area contributed by atoms with Crippen LogP contribution in [0.2, 0.25) is 0 Å². The lowest BCUT2D eigenvalue weighted by Crippen LogP contribution is -2.38. The van der Waals surface area contributed by atoms with Crippen LogP contribution in [-0.4, -0.2) is 5.78 Å². The average Bonchev–Trinajstić information content (AvgIpc) is 3.41. The summed E-state index contributed by atoms with van der Waals surface area (Å²) in [4.78, 5) is 15.5. The largest absolute Gasteiger partial charge is 0.297 e. The molecular formula is C37H28O. The molecule has 2 bridgehead atoms. The number of carbonyl (C=O) groups excluding carboxylic acids is 1. The van der Waals surface area contributed by atoms with Crippen molar-refractivity contribution < 1.29 is 4.79 Å². The Labute approximate surface area is 224 Å². The Balaban J connectivity index is 1.68. The number of allylic oxidation sites excluding steroid dienone is 2. The summed E-state index contributed by atoms with van der Waals surface area (Å²) < 4.78 is 0. The molecule has 0 heterocycles. The molecule has 7 rings (SSSR count). The summed E-state index contributed by atoms with van der Waals surface area (Å²) in [5.74, 6) is 0.287. The second-order valence-electron chi connectivity index (χ2n) is 10.4. The zero-order valence-corrected chi connectivity index (χ0v) is 21.1. The van der Waals surface area contributed by atoms with Crippen LogP contribution >= 0.6 is 0 Å². The Morgan fingerprint density at radius 1 is 0.474 bits per heavy atom. The lowest BCUT2D eigenvalue weighted by Gasteiger charge is -2.39. The van der Waals surface area contributed by atoms with Gasteiger partial charge in [-0.05, 0) is 45.4 Å². The molecule has 2 aliphatic rings. The van der Waals surface area contributed by atoms with Gasteiger partial charge in [-0.25, -0.2) is 0 Å². The Bertz CT molecular complexity index is 1620. The van der Waals surface area contributed by atoms with Gasteiger partial charge < -0.3 is 0 Å². The van der Waals surface area contributed by atoms with Gasteiger partial charge in [-0.2, -0.15) is 0 Å². The van der Waals surface area contributed by atoms with Crippen LogP contribution in [0.5, 0.6) is 0 Å². The second-order valence-corrected chi connectivity index (χ2v) is 10.4. The highest BCUT2D eigenvalue weighted by molar-refractivity contribution is 6.29. The molecule has 1 saturated carbocycles. The van der Waals surface area contributed by atoms with Crippen LogP contribution in [0, 0.1) is 0 Å². The number of fused-ring (bicyclic) bond motifs is 2. The van der Waals surface area contributed by atoms with E-state index in [0.29, 0.717) is 0 Å². The van der Waals surface area contributed by atoms with Gasteiger partial charge in [-0.15, -0.1) is 0 Å². The average molecular weight is 489 g/mol. The van der Waals surface area contributed by atoms with Crippen molar-refractivity contribution in [3.8, 4) is 0 Å². The fourth-order valence-corrected chi connectivity index (χ4v) is 7.28. The number of Topliss-reactive ketones (excluding diaryl/α,β-unsaturated/α-hetero) is 1. The van der Waals surface area contributed by atoms with Crippen molar-refractivity contribution in [2.24, 2.45) is 0 Å². The van der Waals surface area contributed by atoms with Crippen molar-refractivity contribution in [2.45, 2.75) is 23.2 Å². The zero-order chi connectivity index (χ0) is 25.6. The molecule has 5 aromatic carbocycles. The SMILES string of the molecule is O=C1[C@@]2(c3ccccc3)C[C@H](c3ccccc3)[C@]1(c1ccccc1)C(c1ccccc1)=C2c1ccccc1. The van der Waals surface area contributed by atoms with E-state index < -0.39 is 10.8 Å². The number of carbonyl (C=O) groups is 1. The van der Waals surface area contributed by atoms with E-state index in [0.717, 1.165) is 39.8 Å². The normalized spacial score (nSPS) is 24.1. The molecule has 0 radical (unpaired) electrons. The maximum absolute atomic E-state index is 15.5. The molecule has 2 aliphatic carbocycles. The lowest BCUT2D eigenvalue weighted by atomic mass is 9.61. The van der Waals surface area contributed by atoms with E-state index >= 15 is 4.79 Å². The van der Waals surface area contributed by atoms with Crippen molar-refractivity contribution in [1.29, 1.82) is 0 Å². The molecule has 0 spiro atoms. The van der Waals surface area contributed by atoms with Crippen LogP contribution < -0.4 is 0 Å². The van der Waals surface area contributed by atoms with Crippen LogP contribution in [0.3, 0.4) is 0 Å². The number of hydrogen-bond donors (Lipinski definition) is 0. The molecule has 1 nitrogen and oxygen atoms in total. The maximum atomic E-state index is 15.5. The third kappa shape index (κ3) is 3.02. The van der Waals surface area contributed by atoms with Crippen molar-refractivity contribution in [3.05, 3.63) is 179 Å². The number of hydrogen-bond acceptors (Lipinski definition) is 1. The summed E-state index contributed by atoms with van der Waals surface area (Å²) in [7, 11) is 0. The Morgan fingerprint density at radius 3 is 1.42 bits per heavy atom. The van der Waals surface area contributed by atoms with Crippen molar-refractivity contribution in [1.82, 2.24) is 0 Å². The number of rotatable bonds is 5. The summed E-state index contributed by atoms with van der Waals surface area (Å²) in [6.45, 7) is 0. The topological polar surface area (TPSA) is 17.1 Å². The minimum Gasteiger partial charge on any atom is -0.297 e. The molecule has 0 aliphatic heterocycles. The predicted octanol–water partition coefficient (Wildman–Crippen LogP) is 8.24. The molecule has 1 fully saturated rings. The van der Waals surface area contributed by atoms with Gasteiger partial charge in [-0.1, -0.05) is 152 Å². The molecule has 5 aromatic rings. The summed E-state index contributed by atoms with van der Waals surface area (Å²) in [6, 6.07) is 52.8. The summed E-state index contributed by atoms with van der Waals surface area (Å²) in [5, 5.41) is 0. The fourth-order valence-electron chi connectivity index (χ4n) is 7.28. The summed E-state index contributed by atoms with van der Waals surface area (Å²) in [6.07, 6.45) is 0.731. The first kappa shape index (κ1) is 22.7. The van der Waals surface area contributed by atoms with Crippen molar-refractivity contribution in [3.63, 3.8) is 0 Å². The smallest absolute Gasteiger partial charge is 0.163 e. The summed E-state index contributed by atoms with van der Waals surface area (Å²) in [5.41, 5.74) is 6.31. The molecule has 0 saturated heterocycles. The van der Waals surface area contributed by atoms with Gasteiger partial charge in [0.25, 0.3) is 0 Å².